The van der Waals surface area contributed by atoms with Crippen LogP contribution in [-0.2, 0) is 0 Å². The number of aromatic nitrogens is 5. The van der Waals surface area contributed by atoms with Crippen molar-refractivity contribution in [2.45, 2.75) is 19.8 Å². The predicted octanol–water partition coefficient (Wildman–Crippen LogP) is 4.16. The van der Waals surface area contributed by atoms with E-state index in [-0.39, 0.29) is 5.91 Å². The van der Waals surface area contributed by atoms with Gasteiger partial charge < -0.3 is 0 Å². The highest BCUT2D eigenvalue weighted by atomic mass is 32.1. The molecule has 0 atom stereocenters. The molecule has 1 aromatic carbocycles. The molecule has 0 aliphatic carbocycles. The van der Waals surface area contributed by atoms with Crippen molar-refractivity contribution >= 4 is 22.4 Å². The first-order valence-electron chi connectivity index (χ1n) is 8.81. The molecule has 0 fully saturated rings. The molecule has 0 aliphatic heterocycles. The minimum atomic E-state index is -0.280. The molecule has 0 saturated heterocycles. The molecular formula is C20H18N6OS. The van der Waals surface area contributed by atoms with Gasteiger partial charge in [-0.05, 0) is 29.7 Å². The van der Waals surface area contributed by atoms with Gasteiger partial charge in [0.15, 0.2) is 5.82 Å². The Hall–Kier alpha value is -3.39. The number of nitrogens with one attached hydrogen (secondary N) is 1. The number of anilines is 1. The Morgan fingerprint density at radius 1 is 1.11 bits per heavy atom. The number of rotatable bonds is 5. The number of pyridine rings is 1. The van der Waals surface area contributed by atoms with Crippen LogP contribution in [0.4, 0.5) is 5.13 Å². The van der Waals surface area contributed by atoms with E-state index in [0.717, 1.165) is 10.6 Å². The molecule has 4 rings (SSSR count). The zero-order valence-electron chi connectivity index (χ0n) is 15.4. The third-order valence-corrected chi connectivity index (χ3v) is 5.11. The number of amides is 1. The first kappa shape index (κ1) is 18.0. The van der Waals surface area contributed by atoms with Crippen LogP contribution >= 0.6 is 11.3 Å². The molecule has 7 nitrogen and oxygen atoms in total. The molecule has 0 bridgehead atoms. The number of benzene rings is 1. The number of nitrogens with zero attached hydrogens (tertiary/aromatic N) is 5. The summed E-state index contributed by atoms with van der Waals surface area (Å²) in [4.78, 5) is 16.7. The highest BCUT2D eigenvalue weighted by Crippen LogP contribution is 2.28. The molecule has 0 unspecified atom stereocenters. The lowest BCUT2D eigenvalue weighted by Crippen LogP contribution is -2.12. The zero-order valence-corrected chi connectivity index (χ0v) is 16.2. The van der Waals surface area contributed by atoms with E-state index in [1.165, 1.54) is 23.1 Å². The number of hydrogen-bond acceptors (Lipinski definition) is 6. The third kappa shape index (κ3) is 3.81. The quantitative estimate of drug-likeness (QED) is 0.553. The Kier molecular flexibility index (Phi) is 4.94. The van der Waals surface area contributed by atoms with Gasteiger partial charge in [-0.2, -0.15) is 5.10 Å². The van der Waals surface area contributed by atoms with E-state index in [1.54, 1.807) is 29.2 Å². The summed E-state index contributed by atoms with van der Waals surface area (Å²) in [6, 6.07) is 13.5. The minimum absolute atomic E-state index is 0.280. The van der Waals surface area contributed by atoms with Crippen LogP contribution in [0, 0.1) is 0 Å². The van der Waals surface area contributed by atoms with Crippen molar-refractivity contribution in [3.05, 3.63) is 72.2 Å². The molecule has 3 aromatic heterocycles. The monoisotopic (exact) mass is 390 g/mol. The topological polar surface area (TPSA) is 85.6 Å². The van der Waals surface area contributed by atoms with Crippen molar-refractivity contribution in [1.29, 1.82) is 0 Å². The first-order valence-corrected chi connectivity index (χ1v) is 9.63. The average molecular weight is 390 g/mol. The Balaban J connectivity index is 1.45. The summed E-state index contributed by atoms with van der Waals surface area (Å²) in [5.41, 5.74) is 2.69. The maximum Gasteiger partial charge on any atom is 0.259 e. The molecule has 140 valence electrons. The lowest BCUT2D eigenvalue weighted by Gasteiger charge is -2.05. The molecule has 0 aliphatic rings. The standard InChI is InChI=1S/C20H18N6OS/c1-13(2)14-4-6-15(7-5-14)19-24-25-20(28-19)23-18(27)16-8-9-17(21-12-16)26-11-3-10-22-26/h3-13H,1-2H3,(H,23,25,27). The third-order valence-electron chi connectivity index (χ3n) is 4.22. The van der Waals surface area contributed by atoms with Gasteiger partial charge in [-0.3, -0.25) is 10.1 Å². The van der Waals surface area contributed by atoms with Gasteiger partial charge in [0.25, 0.3) is 5.91 Å². The van der Waals surface area contributed by atoms with Crippen molar-refractivity contribution in [3.8, 4) is 16.4 Å². The molecule has 4 aromatic rings. The van der Waals surface area contributed by atoms with Gasteiger partial charge in [0, 0.05) is 24.2 Å². The summed E-state index contributed by atoms with van der Waals surface area (Å²) in [6.45, 7) is 4.31. The number of hydrogen-bond donors (Lipinski definition) is 1. The molecule has 1 N–H and O–H groups in total. The molecule has 28 heavy (non-hydrogen) atoms. The lowest BCUT2D eigenvalue weighted by atomic mass is 10.0. The molecular weight excluding hydrogens is 372 g/mol. The smallest absolute Gasteiger partial charge is 0.259 e. The summed E-state index contributed by atoms with van der Waals surface area (Å²) in [5.74, 6) is 0.841. The largest absolute Gasteiger partial charge is 0.296 e. The van der Waals surface area contributed by atoms with Gasteiger partial charge in [-0.15, -0.1) is 10.2 Å². The molecule has 1 amide bonds. The zero-order chi connectivity index (χ0) is 19.5. The van der Waals surface area contributed by atoms with E-state index < -0.39 is 0 Å². The van der Waals surface area contributed by atoms with Gasteiger partial charge in [-0.25, -0.2) is 9.67 Å². The number of carbonyl (C=O) groups is 1. The first-order chi connectivity index (χ1) is 13.6. The number of carbonyl (C=O) groups excluding carboxylic acids is 1. The van der Waals surface area contributed by atoms with E-state index in [0.29, 0.717) is 22.4 Å². The fraction of sp³-hybridized carbons (Fsp3) is 0.150. The van der Waals surface area contributed by atoms with E-state index in [4.69, 9.17) is 0 Å². The van der Waals surface area contributed by atoms with Crippen LogP contribution in [-0.4, -0.2) is 30.9 Å². The van der Waals surface area contributed by atoms with Crippen LogP contribution in [0.3, 0.4) is 0 Å². The van der Waals surface area contributed by atoms with Crippen LogP contribution in [0.5, 0.6) is 0 Å². The Morgan fingerprint density at radius 3 is 2.57 bits per heavy atom. The summed E-state index contributed by atoms with van der Waals surface area (Å²) in [5, 5.41) is 16.4. The molecule has 8 heteroatoms. The predicted molar refractivity (Wildman–Crippen MR) is 109 cm³/mol. The maximum atomic E-state index is 12.4. The van der Waals surface area contributed by atoms with Crippen molar-refractivity contribution < 1.29 is 4.79 Å². The van der Waals surface area contributed by atoms with Gasteiger partial charge in [0.1, 0.15) is 5.01 Å². The molecule has 3 heterocycles. The van der Waals surface area contributed by atoms with E-state index in [2.05, 4.69) is 51.6 Å². The normalized spacial score (nSPS) is 11.0. The summed E-state index contributed by atoms with van der Waals surface area (Å²) in [7, 11) is 0. The van der Waals surface area contributed by atoms with Crippen LogP contribution in [0.15, 0.2) is 61.1 Å². The van der Waals surface area contributed by atoms with E-state index in [9.17, 15) is 4.79 Å². The van der Waals surface area contributed by atoms with E-state index >= 15 is 0 Å². The van der Waals surface area contributed by atoms with Crippen LogP contribution in [0.2, 0.25) is 0 Å². The molecule has 0 spiro atoms. The Bertz CT molecular complexity index is 1070. The molecule has 0 radical (unpaired) electrons. The minimum Gasteiger partial charge on any atom is -0.296 e. The van der Waals surface area contributed by atoms with Crippen molar-refractivity contribution in [1.82, 2.24) is 25.0 Å². The second-order valence-electron chi connectivity index (χ2n) is 6.50. The fourth-order valence-corrected chi connectivity index (χ4v) is 3.37. The van der Waals surface area contributed by atoms with Crippen molar-refractivity contribution in [2.24, 2.45) is 0 Å². The summed E-state index contributed by atoms with van der Waals surface area (Å²) in [6.07, 6.45) is 4.98. The summed E-state index contributed by atoms with van der Waals surface area (Å²) >= 11 is 1.34. The van der Waals surface area contributed by atoms with Crippen LogP contribution in [0.25, 0.3) is 16.4 Å². The van der Waals surface area contributed by atoms with Crippen LogP contribution in [0.1, 0.15) is 35.7 Å². The highest BCUT2D eigenvalue weighted by molar-refractivity contribution is 7.18. The van der Waals surface area contributed by atoms with Gasteiger partial charge in [0.05, 0.1) is 5.56 Å². The van der Waals surface area contributed by atoms with Gasteiger partial charge >= 0.3 is 0 Å². The summed E-state index contributed by atoms with van der Waals surface area (Å²) < 4.78 is 1.63. The Morgan fingerprint density at radius 2 is 1.93 bits per heavy atom. The average Bonchev–Trinajstić information content (AvgIpc) is 3.40. The second kappa shape index (κ2) is 7.69. The highest BCUT2D eigenvalue weighted by Gasteiger charge is 2.12. The van der Waals surface area contributed by atoms with Gasteiger partial charge in [-0.1, -0.05) is 49.4 Å². The van der Waals surface area contributed by atoms with Gasteiger partial charge in [0.2, 0.25) is 5.13 Å². The maximum absolute atomic E-state index is 12.4. The lowest BCUT2D eigenvalue weighted by molar-refractivity contribution is 0.102. The second-order valence-corrected chi connectivity index (χ2v) is 7.48. The van der Waals surface area contributed by atoms with E-state index in [1.807, 2.05) is 18.2 Å². The Labute approximate surface area is 166 Å². The van der Waals surface area contributed by atoms with Crippen LogP contribution < -0.4 is 5.32 Å². The fourth-order valence-electron chi connectivity index (χ4n) is 2.63. The van der Waals surface area contributed by atoms with Crippen molar-refractivity contribution in [3.63, 3.8) is 0 Å². The van der Waals surface area contributed by atoms with Crippen molar-refractivity contribution in [2.75, 3.05) is 5.32 Å². The SMILES string of the molecule is CC(C)c1ccc(-c2nnc(NC(=O)c3ccc(-n4cccn4)nc3)s2)cc1. The molecule has 0 saturated carbocycles.